The van der Waals surface area contributed by atoms with Crippen LogP contribution < -0.4 is 15.4 Å². The highest BCUT2D eigenvalue weighted by atomic mass is 32.2. The minimum Gasteiger partial charge on any atom is -0.457 e. The van der Waals surface area contributed by atoms with Crippen LogP contribution in [0.25, 0.3) is 11.5 Å². The van der Waals surface area contributed by atoms with Crippen LogP contribution in [-0.4, -0.2) is 41.5 Å². The highest BCUT2D eigenvalue weighted by Gasteiger charge is 2.39. The van der Waals surface area contributed by atoms with Gasteiger partial charge in [-0.3, -0.25) is 4.79 Å². The van der Waals surface area contributed by atoms with Gasteiger partial charge < -0.3 is 29.4 Å². The fraction of sp³-hybridized carbons (Fsp3) is 0.303. The zero-order valence-corrected chi connectivity index (χ0v) is 25.6. The molecule has 2 heterocycles. The third-order valence-corrected chi connectivity index (χ3v) is 8.32. The second kappa shape index (κ2) is 15.8. The molecule has 9 nitrogen and oxygen atoms in total. The van der Waals surface area contributed by atoms with Gasteiger partial charge in [-0.05, 0) is 60.9 Å². The predicted octanol–water partition coefficient (Wildman–Crippen LogP) is 6.59. The number of fused-ring (bicyclic) bond motifs is 1. The smallest absolute Gasteiger partial charge is 0.247 e. The molecule has 0 bridgehead atoms. The number of hydrogen-bond donors (Lipinski definition) is 1. The monoisotopic (exact) mass is 602 g/mol. The Hall–Kier alpha value is -4.28. The third-order valence-electron chi connectivity index (χ3n) is 7.14. The van der Waals surface area contributed by atoms with E-state index in [1.54, 1.807) is 16.7 Å². The minimum atomic E-state index is -0.588. The number of ether oxygens (including phenoxy) is 1. The Morgan fingerprint density at radius 2 is 1.63 bits per heavy atom. The number of benzene rings is 3. The normalized spacial score (nSPS) is 16.3. The fourth-order valence-electron chi connectivity index (χ4n) is 4.69. The maximum Gasteiger partial charge on any atom is 0.247 e. The van der Waals surface area contributed by atoms with Crippen molar-refractivity contribution in [2.45, 2.75) is 62.9 Å². The van der Waals surface area contributed by atoms with E-state index < -0.39 is 6.04 Å². The van der Waals surface area contributed by atoms with Crippen molar-refractivity contribution in [3.05, 3.63) is 84.3 Å². The third kappa shape index (κ3) is 7.77. The first-order valence-electron chi connectivity index (χ1n) is 14.1. The molecule has 1 aliphatic carbocycles. The molecule has 1 fully saturated rings. The van der Waals surface area contributed by atoms with E-state index in [9.17, 15) is 4.79 Å². The number of nitrogens with two attached hydrogens (primary N) is 1. The highest BCUT2D eigenvalue weighted by molar-refractivity contribution is 7.99. The second-order valence-corrected chi connectivity index (χ2v) is 11.0. The first-order valence-corrected chi connectivity index (χ1v) is 15.0. The van der Waals surface area contributed by atoms with Crippen molar-refractivity contribution < 1.29 is 23.5 Å². The molecular formula is C33H38N4O5S. The van der Waals surface area contributed by atoms with Gasteiger partial charge in [-0.2, -0.15) is 0 Å². The number of thioether (sulfide) groups is 1. The van der Waals surface area contributed by atoms with Gasteiger partial charge in [0.15, 0.2) is 0 Å². The number of carbonyl (C=O) groups excluding carboxylic acids is 3. The van der Waals surface area contributed by atoms with Crippen LogP contribution in [0.4, 0.5) is 5.69 Å². The van der Waals surface area contributed by atoms with Crippen LogP contribution in [0.2, 0.25) is 0 Å². The largest absolute Gasteiger partial charge is 0.457 e. The molecule has 0 radical (unpaired) electrons. The maximum atomic E-state index is 13.4. The molecule has 1 unspecified atom stereocenters. The Bertz CT molecular complexity index is 1460. The van der Waals surface area contributed by atoms with Gasteiger partial charge in [0.25, 0.3) is 0 Å². The molecule has 1 aliphatic heterocycles. The molecule has 3 aromatic carbocycles. The zero-order chi connectivity index (χ0) is 31.4. The molecule has 1 aromatic heterocycles. The Kier molecular flexibility index (Phi) is 12.2. The number of aromatic nitrogens is 2. The van der Waals surface area contributed by atoms with Crippen molar-refractivity contribution in [1.82, 2.24) is 10.2 Å². The average molecular weight is 603 g/mol. The van der Waals surface area contributed by atoms with E-state index in [2.05, 4.69) is 17.1 Å². The van der Waals surface area contributed by atoms with Crippen LogP contribution in [0.5, 0.6) is 11.5 Å². The number of rotatable bonds is 6. The lowest BCUT2D eigenvalue weighted by Crippen LogP contribution is -2.44. The summed E-state index contributed by atoms with van der Waals surface area (Å²) >= 11 is 1.59. The summed E-state index contributed by atoms with van der Waals surface area (Å²) < 4.78 is 12.0. The molecule has 2 aliphatic rings. The molecule has 10 heteroatoms. The molecular weight excluding hydrogens is 564 g/mol. The van der Waals surface area contributed by atoms with Gasteiger partial charge in [-0.15, -0.1) is 22.0 Å². The number of para-hydroxylation sites is 1. The van der Waals surface area contributed by atoms with E-state index in [4.69, 9.17) is 24.5 Å². The number of nitrogens with zero attached hydrogens (tertiary/aromatic N) is 3. The minimum absolute atomic E-state index is 0.0298. The quantitative estimate of drug-likeness (QED) is 0.260. The van der Waals surface area contributed by atoms with Crippen LogP contribution in [0.15, 0.2) is 82.1 Å². The van der Waals surface area contributed by atoms with Gasteiger partial charge in [0.2, 0.25) is 17.7 Å². The van der Waals surface area contributed by atoms with Crippen molar-refractivity contribution in [1.29, 1.82) is 0 Å². The Morgan fingerprint density at radius 3 is 2.26 bits per heavy atom. The standard InChI is InChI=1S/C29H28N4O3S.C2H6.2CH2O/c1-29(14-5-15-29)28-32-31-26(36-28)20-10-13-25-24(16-20)33(27(34)23(30)18-37-25)17-19-8-11-22(12-9-19)35-21-6-3-2-4-7-21;3*1-2/h2-4,6-13,16,23H,5,14-15,17-18,30H2,1H3;1-2H3;2*1H2. The summed E-state index contributed by atoms with van der Waals surface area (Å²) in [6.07, 6.45) is 3.30. The van der Waals surface area contributed by atoms with Gasteiger partial charge in [-0.1, -0.05) is 57.5 Å². The molecule has 6 rings (SSSR count). The summed E-state index contributed by atoms with van der Waals surface area (Å²) in [7, 11) is 0. The van der Waals surface area contributed by atoms with E-state index in [0.717, 1.165) is 46.1 Å². The second-order valence-electron chi connectivity index (χ2n) is 9.91. The van der Waals surface area contributed by atoms with Crippen molar-refractivity contribution in [2.24, 2.45) is 5.73 Å². The molecule has 2 N–H and O–H groups in total. The summed E-state index contributed by atoms with van der Waals surface area (Å²) in [4.78, 5) is 32.1. The molecule has 0 spiro atoms. The molecule has 1 amide bonds. The van der Waals surface area contributed by atoms with Crippen molar-refractivity contribution in [2.75, 3.05) is 10.7 Å². The fourth-order valence-corrected chi connectivity index (χ4v) is 5.67. The van der Waals surface area contributed by atoms with E-state index >= 15 is 0 Å². The van der Waals surface area contributed by atoms with Gasteiger partial charge in [0.05, 0.1) is 18.3 Å². The van der Waals surface area contributed by atoms with Gasteiger partial charge in [-0.25, -0.2) is 0 Å². The summed E-state index contributed by atoms with van der Waals surface area (Å²) in [6, 6.07) is 22.8. The molecule has 1 saturated carbocycles. The van der Waals surface area contributed by atoms with E-state index in [0.29, 0.717) is 24.1 Å². The summed E-state index contributed by atoms with van der Waals surface area (Å²) in [5.41, 5.74) is 8.80. The van der Waals surface area contributed by atoms with Crippen LogP contribution in [0, 0.1) is 0 Å². The van der Waals surface area contributed by atoms with Gasteiger partial charge in [0.1, 0.15) is 25.1 Å². The van der Waals surface area contributed by atoms with Crippen LogP contribution in [0.1, 0.15) is 51.5 Å². The first-order chi connectivity index (χ1) is 21.0. The first kappa shape index (κ1) is 33.2. The summed E-state index contributed by atoms with van der Waals surface area (Å²) in [5.74, 6) is 3.08. The lowest BCUT2D eigenvalue weighted by molar-refractivity contribution is -0.119. The topological polar surface area (TPSA) is 129 Å². The van der Waals surface area contributed by atoms with Crippen molar-refractivity contribution >= 4 is 36.9 Å². The molecule has 1 atom stereocenters. The summed E-state index contributed by atoms with van der Waals surface area (Å²) in [5, 5.41) is 8.66. The molecule has 0 saturated heterocycles. The number of hydrogen-bond acceptors (Lipinski definition) is 9. The number of carbonyl (C=O) groups is 3. The number of anilines is 1. The maximum absolute atomic E-state index is 13.4. The van der Waals surface area contributed by atoms with E-state index in [1.807, 2.05) is 100 Å². The average Bonchev–Trinajstić information content (AvgIpc) is 3.52. The Labute approximate surface area is 256 Å². The number of amides is 1. The molecule has 43 heavy (non-hydrogen) atoms. The zero-order valence-electron chi connectivity index (χ0n) is 24.8. The van der Waals surface area contributed by atoms with Gasteiger partial charge in [0, 0.05) is 21.6 Å². The molecule has 226 valence electrons. The predicted molar refractivity (Wildman–Crippen MR) is 169 cm³/mol. The lowest BCUT2D eigenvalue weighted by atomic mass is 9.70. The van der Waals surface area contributed by atoms with Crippen LogP contribution in [-0.2, 0) is 26.3 Å². The van der Waals surface area contributed by atoms with E-state index in [1.165, 1.54) is 6.42 Å². The highest BCUT2D eigenvalue weighted by Crippen LogP contribution is 2.44. The lowest BCUT2D eigenvalue weighted by Gasteiger charge is -2.34. The van der Waals surface area contributed by atoms with Crippen LogP contribution >= 0.6 is 11.8 Å². The SMILES string of the molecule is C=O.C=O.CC.CC1(c2nnc(-c3ccc4c(c3)N(Cc3ccc(Oc5ccccc5)cc3)C(=O)C(N)CS4)o2)CCC1. The molecule has 4 aromatic rings. The Balaban J connectivity index is 0.000000796. The van der Waals surface area contributed by atoms with E-state index in [-0.39, 0.29) is 11.3 Å². The Morgan fingerprint density at radius 1 is 0.977 bits per heavy atom. The summed E-state index contributed by atoms with van der Waals surface area (Å²) in [6.45, 7) is 10.6. The van der Waals surface area contributed by atoms with Crippen molar-refractivity contribution in [3.8, 4) is 23.0 Å². The van der Waals surface area contributed by atoms with Gasteiger partial charge >= 0.3 is 0 Å². The van der Waals surface area contributed by atoms with Crippen LogP contribution in [0.3, 0.4) is 0 Å². The van der Waals surface area contributed by atoms with Crippen molar-refractivity contribution in [3.63, 3.8) is 0 Å².